The maximum Gasteiger partial charge on any atom is 0.222 e. The first-order valence-electron chi connectivity index (χ1n) is 9.51. The summed E-state index contributed by atoms with van der Waals surface area (Å²) in [6, 6.07) is 11.2. The molecule has 0 radical (unpaired) electrons. The van der Waals surface area contributed by atoms with Crippen LogP contribution in [0.2, 0.25) is 0 Å². The molecule has 0 bridgehead atoms. The lowest BCUT2D eigenvalue weighted by molar-refractivity contribution is -0.131. The molecule has 1 aromatic rings. The Bertz CT molecular complexity index is 554. The van der Waals surface area contributed by atoms with Crippen LogP contribution in [-0.4, -0.2) is 47.9 Å². The summed E-state index contributed by atoms with van der Waals surface area (Å²) >= 11 is 0. The standard InChI is InChI=1S/C21H30N2O/c1-2-21(24)23-15-13-19-11-6-12-20(19)22(16-17-23)14-7-10-18-8-4-3-5-9-18/h3-5,7-10,19-20H,2,6,11-17H2,1H3/b10-7+. The van der Waals surface area contributed by atoms with E-state index in [2.05, 4.69) is 52.3 Å². The number of rotatable bonds is 4. The number of hydrogen-bond acceptors (Lipinski definition) is 2. The molecule has 1 aromatic carbocycles. The molecule has 0 spiro atoms. The topological polar surface area (TPSA) is 23.6 Å². The van der Waals surface area contributed by atoms with Gasteiger partial charge in [-0.3, -0.25) is 9.69 Å². The van der Waals surface area contributed by atoms with Gasteiger partial charge in [-0.25, -0.2) is 0 Å². The molecule has 1 heterocycles. The Labute approximate surface area is 146 Å². The molecule has 3 heteroatoms. The van der Waals surface area contributed by atoms with Crippen molar-refractivity contribution in [2.75, 3.05) is 26.2 Å². The Morgan fingerprint density at radius 1 is 1.12 bits per heavy atom. The quantitative estimate of drug-likeness (QED) is 0.840. The van der Waals surface area contributed by atoms with Crippen LogP contribution in [0.5, 0.6) is 0 Å². The number of carbonyl (C=O) groups is 1. The van der Waals surface area contributed by atoms with Crippen molar-refractivity contribution in [1.82, 2.24) is 9.80 Å². The molecular formula is C21H30N2O. The fourth-order valence-corrected chi connectivity index (χ4v) is 4.27. The van der Waals surface area contributed by atoms with Gasteiger partial charge in [0.1, 0.15) is 0 Å². The third-order valence-electron chi connectivity index (χ3n) is 5.62. The van der Waals surface area contributed by atoms with Crippen molar-refractivity contribution in [3.63, 3.8) is 0 Å². The number of fused-ring (bicyclic) bond motifs is 1. The lowest BCUT2D eigenvalue weighted by Crippen LogP contribution is -2.47. The SMILES string of the molecule is CCC(=O)N1CCC2CCCC2N(C/C=C/c2ccccc2)CC1. The summed E-state index contributed by atoms with van der Waals surface area (Å²) in [5, 5.41) is 0. The van der Waals surface area contributed by atoms with Gasteiger partial charge in [0.15, 0.2) is 0 Å². The van der Waals surface area contributed by atoms with Gasteiger partial charge in [0.25, 0.3) is 0 Å². The van der Waals surface area contributed by atoms with Crippen LogP contribution in [0.4, 0.5) is 0 Å². The molecule has 2 aliphatic rings. The van der Waals surface area contributed by atoms with Gasteiger partial charge in [0, 0.05) is 38.6 Å². The summed E-state index contributed by atoms with van der Waals surface area (Å²) in [5.41, 5.74) is 1.26. The Kier molecular flexibility index (Phi) is 6.08. The highest BCUT2D eigenvalue weighted by Crippen LogP contribution is 2.33. The van der Waals surface area contributed by atoms with E-state index >= 15 is 0 Å². The predicted octanol–water partition coefficient (Wildman–Crippen LogP) is 3.81. The molecule has 2 atom stereocenters. The fraction of sp³-hybridized carbons (Fsp3) is 0.571. The monoisotopic (exact) mass is 326 g/mol. The average Bonchev–Trinajstić information content (AvgIpc) is 3.06. The third kappa shape index (κ3) is 4.27. The predicted molar refractivity (Wildman–Crippen MR) is 99.7 cm³/mol. The van der Waals surface area contributed by atoms with Gasteiger partial charge in [0.05, 0.1) is 0 Å². The number of carbonyl (C=O) groups excluding carboxylic acids is 1. The Hall–Kier alpha value is -1.61. The van der Waals surface area contributed by atoms with Gasteiger partial charge in [0.2, 0.25) is 5.91 Å². The Morgan fingerprint density at radius 2 is 1.96 bits per heavy atom. The van der Waals surface area contributed by atoms with Crippen molar-refractivity contribution in [2.45, 2.75) is 45.1 Å². The first-order chi connectivity index (χ1) is 11.8. The molecule has 2 fully saturated rings. The van der Waals surface area contributed by atoms with Gasteiger partial charge >= 0.3 is 0 Å². The highest BCUT2D eigenvalue weighted by atomic mass is 16.2. The van der Waals surface area contributed by atoms with E-state index in [1.165, 1.54) is 31.2 Å². The van der Waals surface area contributed by atoms with Crippen LogP contribution in [-0.2, 0) is 4.79 Å². The second kappa shape index (κ2) is 8.48. The zero-order chi connectivity index (χ0) is 16.8. The molecule has 3 rings (SSSR count). The second-order valence-electron chi connectivity index (χ2n) is 7.09. The minimum Gasteiger partial charge on any atom is -0.341 e. The maximum atomic E-state index is 12.1. The third-order valence-corrected chi connectivity index (χ3v) is 5.62. The van der Waals surface area contributed by atoms with E-state index in [-0.39, 0.29) is 0 Å². The molecular weight excluding hydrogens is 296 g/mol. The molecule has 0 aromatic heterocycles. The number of nitrogens with zero attached hydrogens (tertiary/aromatic N) is 2. The van der Waals surface area contributed by atoms with Gasteiger partial charge in [-0.05, 0) is 30.7 Å². The van der Waals surface area contributed by atoms with Crippen LogP contribution in [0.25, 0.3) is 6.08 Å². The molecule has 1 saturated carbocycles. The van der Waals surface area contributed by atoms with Crippen LogP contribution < -0.4 is 0 Å². The number of benzene rings is 1. The molecule has 1 saturated heterocycles. The molecule has 3 nitrogen and oxygen atoms in total. The minimum absolute atomic E-state index is 0.311. The number of hydrogen-bond donors (Lipinski definition) is 0. The largest absolute Gasteiger partial charge is 0.341 e. The first-order valence-corrected chi connectivity index (χ1v) is 9.51. The van der Waals surface area contributed by atoms with Crippen molar-refractivity contribution in [2.24, 2.45) is 5.92 Å². The summed E-state index contributed by atoms with van der Waals surface area (Å²) in [6.07, 6.45) is 10.3. The Balaban J connectivity index is 1.65. The maximum absolute atomic E-state index is 12.1. The Morgan fingerprint density at radius 3 is 2.75 bits per heavy atom. The zero-order valence-corrected chi connectivity index (χ0v) is 14.9. The van der Waals surface area contributed by atoms with Crippen molar-refractivity contribution in [3.8, 4) is 0 Å². The molecule has 130 valence electrons. The highest BCUT2D eigenvalue weighted by molar-refractivity contribution is 5.75. The summed E-state index contributed by atoms with van der Waals surface area (Å²) in [7, 11) is 0. The lowest BCUT2D eigenvalue weighted by atomic mass is 9.96. The lowest BCUT2D eigenvalue weighted by Gasteiger charge is -2.38. The molecule has 24 heavy (non-hydrogen) atoms. The highest BCUT2D eigenvalue weighted by Gasteiger charge is 2.33. The van der Waals surface area contributed by atoms with Gasteiger partial charge in [-0.1, -0.05) is 55.8 Å². The molecule has 1 amide bonds. The van der Waals surface area contributed by atoms with E-state index in [0.29, 0.717) is 18.4 Å². The normalized spacial score (nSPS) is 25.5. The first kappa shape index (κ1) is 17.2. The van der Waals surface area contributed by atoms with E-state index in [1.54, 1.807) is 0 Å². The summed E-state index contributed by atoms with van der Waals surface area (Å²) in [6.45, 7) is 5.81. The van der Waals surface area contributed by atoms with Crippen LogP contribution >= 0.6 is 0 Å². The van der Waals surface area contributed by atoms with Crippen LogP contribution in [0, 0.1) is 5.92 Å². The van der Waals surface area contributed by atoms with Gasteiger partial charge < -0.3 is 4.90 Å². The average molecular weight is 326 g/mol. The summed E-state index contributed by atoms with van der Waals surface area (Å²) in [5.74, 6) is 1.08. The van der Waals surface area contributed by atoms with Gasteiger partial charge in [-0.15, -0.1) is 0 Å². The summed E-state index contributed by atoms with van der Waals surface area (Å²) in [4.78, 5) is 16.8. The van der Waals surface area contributed by atoms with E-state index in [1.807, 2.05) is 6.92 Å². The zero-order valence-electron chi connectivity index (χ0n) is 14.9. The van der Waals surface area contributed by atoms with E-state index in [0.717, 1.165) is 32.1 Å². The number of amides is 1. The molecule has 0 N–H and O–H groups in total. The minimum atomic E-state index is 0.311. The van der Waals surface area contributed by atoms with E-state index in [4.69, 9.17) is 0 Å². The van der Waals surface area contributed by atoms with Crippen molar-refractivity contribution in [1.29, 1.82) is 0 Å². The molecule has 1 aliphatic heterocycles. The smallest absolute Gasteiger partial charge is 0.222 e. The fourth-order valence-electron chi connectivity index (χ4n) is 4.27. The second-order valence-corrected chi connectivity index (χ2v) is 7.09. The van der Waals surface area contributed by atoms with Crippen molar-refractivity contribution < 1.29 is 4.79 Å². The van der Waals surface area contributed by atoms with Crippen molar-refractivity contribution >= 4 is 12.0 Å². The van der Waals surface area contributed by atoms with E-state index in [9.17, 15) is 4.79 Å². The van der Waals surface area contributed by atoms with Crippen LogP contribution in [0.3, 0.4) is 0 Å². The molecule has 2 unspecified atom stereocenters. The van der Waals surface area contributed by atoms with E-state index < -0.39 is 0 Å². The van der Waals surface area contributed by atoms with Crippen LogP contribution in [0.1, 0.15) is 44.6 Å². The summed E-state index contributed by atoms with van der Waals surface area (Å²) < 4.78 is 0. The molecule has 1 aliphatic carbocycles. The van der Waals surface area contributed by atoms with Gasteiger partial charge in [-0.2, -0.15) is 0 Å². The van der Waals surface area contributed by atoms with Crippen LogP contribution in [0.15, 0.2) is 36.4 Å². The van der Waals surface area contributed by atoms with Crippen molar-refractivity contribution in [3.05, 3.63) is 42.0 Å².